The summed E-state index contributed by atoms with van der Waals surface area (Å²) in [6, 6.07) is 6.18. The molecule has 1 aromatic rings. The van der Waals surface area contributed by atoms with Crippen LogP contribution in [0.25, 0.3) is 0 Å². The SMILES string of the molecule is C[C@@H]1CNCCN1C(=O)CSCc1ccccn1. The van der Waals surface area contributed by atoms with E-state index in [2.05, 4.69) is 17.2 Å². The van der Waals surface area contributed by atoms with E-state index >= 15 is 0 Å². The van der Waals surface area contributed by atoms with Gasteiger partial charge in [-0.1, -0.05) is 6.07 Å². The van der Waals surface area contributed by atoms with E-state index in [1.807, 2.05) is 23.1 Å². The maximum Gasteiger partial charge on any atom is 0.232 e. The molecule has 0 bridgehead atoms. The molecular formula is C13H19N3OS. The van der Waals surface area contributed by atoms with Crippen LogP contribution in [0.3, 0.4) is 0 Å². The predicted octanol–water partition coefficient (Wildman–Crippen LogP) is 1.14. The molecule has 1 amide bonds. The zero-order chi connectivity index (χ0) is 12.8. The highest BCUT2D eigenvalue weighted by molar-refractivity contribution is 7.99. The number of carbonyl (C=O) groups is 1. The number of hydrogen-bond acceptors (Lipinski definition) is 4. The van der Waals surface area contributed by atoms with Crippen LogP contribution in [0.4, 0.5) is 0 Å². The van der Waals surface area contributed by atoms with Gasteiger partial charge in [0.05, 0.1) is 11.4 Å². The molecule has 1 aliphatic rings. The lowest BCUT2D eigenvalue weighted by Crippen LogP contribution is -2.52. The number of rotatable bonds is 4. The van der Waals surface area contributed by atoms with Crippen LogP contribution in [0.2, 0.25) is 0 Å². The Labute approximate surface area is 112 Å². The molecule has 4 nitrogen and oxygen atoms in total. The molecule has 0 unspecified atom stereocenters. The molecule has 5 heteroatoms. The highest BCUT2D eigenvalue weighted by Gasteiger charge is 2.22. The molecular weight excluding hydrogens is 246 g/mol. The second-order valence-corrected chi connectivity index (χ2v) is 5.44. The molecule has 2 rings (SSSR count). The minimum atomic E-state index is 0.241. The number of carbonyl (C=O) groups excluding carboxylic acids is 1. The van der Waals surface area contributed by atoms with E-state index in [4.69, 9.17) is 0 Å². The predicted molar refractivity (Wildman–Crippen MR) is 74.4 cm³/mol. The second kappa shape index (κ2) is 6.75. The van der Waals surface area contributed by atoms with Crippen molar-refractivity contribution in [1.82, 2.24) is 15.2 Å². The van der Waals surface area contributed by atoms with Gasteiger partial charge in [-0.25, -0.2) is 0 Å². The normalized spacial score (nSPS) is 19.8. The van der Waals surface area contributed by atoms with Crippen LogP contribution in [0.15, 0.2) is 24.4 Å². The maximum atomic E-state index is 12.1. The van der Waals surface area contributed by atoms with E-state index in [0.717, 1.165) is 31.1 Å². The Morgan fingerprint density at radius 1 is 1.61 bits per heavy atom. The number of thioether (sulfide) groups is 1. The number of nitrogens with zero attached hydrogens (tertiary/aromatic N) is 2. The van der Waals surface area contributed by atoms with E-state index in [-0.39, 0.29) is 5.91 Å². The first-order chi connectivity index (χ1) is 8.77. The first-order valence-electron chi connectivity index (χ1n) is 6.25. The average Bonchev–Trinajstić information content (AvgIpc) is 2.40. The first kappa shape index (κ1) is 13.4. The highest BCUT2D eigenvalue weighted by atomic mass is 32.2. The van der Waals surface area contributed by atoms with Gasteiger partial charge >= 0.3 is 0 Å². The second-order valence-electron chi connectivity index (χ2n) is 4.45. The van der Waals surface area contributed by atoms with Crippen molar-refractivity contribution in [1.29, 1.82) is 0 Å². The quantitative estimate of drug-likeness (QED) is 0.886. The number of amides is 1. The molecule has 18 heavy (non-hydrogen) atoms. The van der Waals surface area contributed by atoms with Crippen LogP contribution in [0.1, 0.15) is 12.6 Å². The van der Waals surface area contributed by atoms with E-state index in [1.54, 1.807) is 18.0 Å². The standard InChI is InChI=1S/C13H19N3OS/c1-11-8-14-6-7-16(11)13(17)10-18-9-12-4-2-3-5-15-12/h2-5,11,14H,6-10H2,1H3/t11-/m1/s1. The molecule has 0 aliphatic carbocycles. The summed E-state index contributed by atoms with van der Waals surface area (Å²) in [6.45, 7) is 4.72. The Morgan fingerprint density at radius 2 is 2.50 bits per heavy atom. The van der Waals surface area contributed by atoms with Crippen LogP contribution in [-0.2, 0) is 10.5 Å². The molecule has 0 saturated carbocycles. The number of nitrogens with one attached hydrogen (secondary N) is 1. The van der Waals surface area contributed by atoms with Crippen LogP contribution in [0, 0.1) is 0 Å². The maximum absolute atomic E-state index is 12.1. The molecule has 1 atom stereocenters. The Hall–Kier alpha value is -1.07. The Balaban J connectivity index is 1.74. The van der Waals surface area contributed by atoms with Gasteiger partial charge in [-0.15, -0.1) is 11.8 Å². The zero-order valence-corrected chi connectivity index (χ0v) is 11.4. The molecule has 0 spiro atoms. The van der Waals surface area contributed by atoms with Gasteiger partial charge in [-0.05, 0) is 19.1 Å². The summed E-state index contributed by atoms with van der Waals surface area (Å²) < 4.78 is 0. The van der Waals surface area contributed by atoms with Crippen molar-refractivity contribution < 1.29 is 4.79 Å². The smallest absolute Gasteiger partial charge is 0.232 e. The first-order valence-corrected chi connectivity index (χ1v) is 7.40. The van der Waals surface area contributed by atoms with Crippen LogP contribution in [0.5, 0.6) is 0 Å². The molecule has 0 aromatic carbocycles. The van der Waals surface area contributed by atoms with E-state index in [9.17, 15) is 4.79 Å². The van der Waals surface area contributed by atoms with Crippen molar-refractivity contribution in [2.45, 2.75) is 18.7 Å². The molecule has 2 heterocycles. The van der Waals surface area contributed by atoms with Crippen molar-refractivity contribution in [2.75, 3.05) is 25.4 Å². The zero-order valence-electron chi connectivity index (χ0n) is 10.6. The van der Waals surface area contributed by atoms with Crippen molar-refractivity contribution in [3.05, 3.63) is 30.1 Å². The topological polar surface area (TPSA) is 45.2 Å². The summed E-state index contributed by atoms with van der Waals surface area (Å²) in [5.74, 6) is 1.58. The summed E-state index contributed by atoms with van der Waals surface area (Å²) in [7, 11) is 0. The van der Waals surface area contributed by atoms with Gasteiger partial charge in [0.2, 0.25) is 5.91 Å². The van der Waals surface area contributed by atoms with E-state index in [1.165, 1.54) is 0 Å². The number of piperazine rings is 1. The van der Waals surface area contributed by atoms with Crippen LogP contribution >= 0.6 is 11.8 Å². The lowest BCUT2D eigenvalue weighted by atomic mass is 10.2. The monoisotopic (exact) mass is 265 g/mol. The Bertz CT molecular complexity index is 385. The van der Waals surface area contributed by atoms with Crippen molar-refractivity contribution >= 4 is 17.7 Å². The summed E-state index contributed by atoms with van der Waals surface area (Å²) >= 11 is 1.64. The van der Waals surface area contributed by atoms with Crippen molar-refractivity contribution in [3.8, 4) is 0 Å². The molecule has 1 aliphatic heterocycles. The van der Waals surface area contributed by atoms with Crippen LogP contribution < -0.4 is 5.32 Å². The molecule has 1 N–H and O–H groups in total. The lowest BCUT2D eigenvalue weighted by molar-refractivity contribution is -0.131. The summed E-state index contributed by atoms with van der Waals surface area (Å²) in [4.78, 5) is 18.3. The van der Waals surface area contributed by atoms with Gasteiger partial charge < -0.3 is 10.2 Å². The fourth-order valence-corrected chi connectivity index (χ4v) is 2.84. The van der Waals surface area contributed by atoms with E-state index < -0.39 is 0 Å². The van der Waals surface area contributed by atoms with Gasteiger partial charge in [-0.3, -0.25) is 9.78 Å². The number of pyridine rings is 1. The minimum Gasteiger partial charge on any atom is -0.337 e. The number of aromatic nitrogens is 1. The third kappa shape index (κ3) is 3.71. The van der Waals surface area contributed by atoms with Gasteiger partial charge in [0.1, 0.15) is 0 Å². The summed E-state index contributed by atoms with van der Waals surface area (Å²) in [5.41, 5.74) is 1.03. The third-order valence-electron chi connectivity index (χ3n) is 3.02. The molecule has 1 aromatic heterocycles. The van der Waals surface area contributed by atoms with Gasteiger partial charge in [0.25, 0.3) is 0 Å². The Kier molecular flexibility index (Phi) is 5.01. The largest absolute Gasteiger partial charge is 0.337 e. The molecule has 98 valence electrons. The fourth-order valence-electron chi connectivity index (χ4n) is 2.02. The van der Waals surface area contributed by atoms with Gasteiger partial charge in [0, 0.05) is 37.6 Å². The van der Waals surface area contributed by atoms with Gasteiger partial charge in [-0.2, -0.15) is 0 Å². The Morgan fingerprint density at radius 3 is 3.22 bits per heavy atom. The van der Waals surface area contributed by atoms with Crippen molar-refractivity contribution in [3.63, 3.8) is 0 Å². The fraction of sp³-hybridized carbons (Fsp3) is 0.538. The molecule has 1 saturated heterocycles. The minimum absolute atomic E-state index is 0.241. The van der Waals surface area contributed by atoms with E-state index in [0.29, 0.717) is 11.8 Å². The van der Waals surface area contributed by atoms with Crippen LogP contribution in [-0.4, -0.2) is 47.2 Å². The average molecular weight is 265 g/mol. The highest BCUT2D eigenvalue weighted by Crippen LogP contribution is 2.12. The number of hydrogen-bond donors (Lipinski definition) is 1. The van der Waals surface area contributed by atoms with Crippen molar-refractivity contribution in [2.24, 2.45) is 0 Å². The molecule has 1 fully saturated rings. The van der Waals surface area contributed by atoms with Gasteiger partial charge in [0.15, 0.2) is 0 Å². The third-order valence-corrected chi connectivity index (χ3v) is 3.97. The lowest BCUT2D eigenvalue weighted by Gasteiger charge is -2.33. The molecule has 0 radical (unpaired) electrons. The summed E-state index contributed by atoms with van der Waals surface area (Å²) in [5, 5.41) is 3.29. The summed E-state index contributed by atoms with van der Waals surface area (Å²) in [6.07, 6.45) is 1.79.